The Morgan fingerprint density at radius 1 is 1.29 bits per heavy atom. The molecule has 0 spiro atoms. The minimum Gasteiger partial charge on any atom is -0.459 e. The van der Waals surface area contributed by atoms with Gasteiger partial charge in [-0.1, -0.05) is 18.2 Å². The summed E-state index contributed by atoms with van der Waals surface area (Å²) in [4.78, 5) is 39.2. The third-order valence-electron chi connectivity index (χ3n) is 4.03. The number of anilines is 1. The third kappa shape index (κ3) is 3.73. The molecule has 0 aliphatic carbocycles. The molecule has 7 heteroatoms. The van der Waals surface area contributed by atoms with Gasteiger partial charge in [-0.25, -0.2) is 4.79 Å². The number of benzene rings is 1. The standard InChI is InChI=1S/C17H22N2O5/c1-4-24-17(22)16(21)19-10-9-14(23-3)12-7-5-6-8-13(12)18(2)15(20)11-19/h5-8,14H,4,9-11H2,1-3H3. The first-order valence-electron chi connectivity index (χ1n) is 7.83. The topological polar surface area (TPSA) is 76.2 Å². The summed E-state index contributed by atoms with van der Waals surface area (Å²) in [5.41, 5.74) is 1.61. The summed E-state index contributed by atoms with van der Waals surface area (Å²) < 4.78 is 10.3. The van der Waals surface area contributed by atoms with Gasteiger partial charge in [-0.15, -0.1) is 0 Å². The van der Waals surface area contributed by atoms with Crippen LogP contribution in [0.4, 0.5) is 5.69 Å². The van der Waals surface area contributed by atoms with Crippen LogP contribution in [0.15, 0.2) is 24.3 Å². The summed E-state index contributed by atoms with van der Waals surface area (Å²) in [6.07, 6.45) is 0.187. The van der Waals surface area contributed by atoms with Crippen molar-refractivity contribution in [3.8, 4) is 0 Å². The number of carbonyl (C=O) groups excluding carboxylic acids is 3. The first kappa shape index (κ1) is 17.9. The minimum atomic E-state index is -0.946. The van der Waals surface area contributed by atoms with Gasteiger partial charge < -0.3 is 19.3 Å². The van der Waals surface area contributed by atoms with Crippen LogP contribution >= 0.6 is 0 Å². The fraction of sp³-hybridized carbons (Fsp3) is 0.471. The van der Waals surface area contributed by atoms with Crippen LogP contribution in [-0.2, 0) is 23.9 Å². The summed E-state index contributed by atoms with van der Waals surface area (Å²) in [6.45, 7) is 1.78. The Kier molecular flexibility index (Phi) is 5.92. The Morgan fingerprint density at radius 3 is 2.67 bits per heavy atom. The second-order valence-electron chi connectivity index (χ2n) is 5.47. The molecule has 130 valence electrons. The lowest BCUT2D eigenvalue weighted by atomic mass is 10.0. The molecule has 0 bridgehead atoms. The molecule has 1 aromatic carbocycles. The van der Waals surface area contributed by atoms with E-state index < -0.39 is 11.9 Å². The number of hydrogen-bond acceptors (Lipinski definition) is 5. The number of para-hydroxylation sites is 1. The molecule has 1 unspecified atom stereocenters. The second kappa shape index (κ2) is 7.92. The van der Waals surface area contributed by atoms with Gasteiger partial charge in [0.1, 0.15) is 6.54 Å². The lowest BCUT2D eigenvalue weighted by Crippen LogP contribution is -2.44. The van der Waals surface area contributed by atoms with Gasteiger partial charge in [0.15, 0.2) is 0 Å². The Balaban J connectivity index is 2.32. The maximum absolute atomic E-state index is 12.5. The van der Waals surface area contributed by atoms with Crippen molar-refractivity contribution < 1.29 is 23.9 Å². The number of esters is 1. The van der Waals surface area contributed by atoms with Crippen LogP contribution in [-0.4, -0.2) is 56.5 Å². The third-order valence-corrected chi connectivity index (χ3v) is 4.03. The maximum Gasteiger partial charge on any atom is 0.397 e. The van der Waals surface area contributed by atoms with Gasteiger partial charge in [-0.2, -0.15) is 0 Å². The predicted octanol–water partition coefficient (Wildman–Crippen LogP) is 1.13. The van der Waals surface area contributed by atoms with Crippen molar-refractivity contribution >= 4 is 23.5 Å². The average Bonchev–Trinajstić information content (AvgIpc) is 2.64. The number of amides is 2. The zero-order valence-corrected chi connectivity index (χ0v) is 14.2. The minimum absolute atomic E-state index is 0.110. The molecule has 7 nitrogen and oxygen atoms in total. The highest BCUT2D eigenvalue weighted by atomic mass is 16.5. The molecule has 0 aromatic heterocycles. The monoisotopic (exact) mass is 334 g/mol. The number of likely N-dealkylation sites (N-methyl/N-ethyl adjacent to an activating group) is 1. The molecule has 1 atom stereocenters. The quantitative estimate of drug-likeness (QED) is 0.599. The van der Waals surface area contributed by atoms with E-state index in [9.17, 15) is 14.4 Å². The molecule has 1 aromatic rings. The molecule has 1 aliphatic rings. The van der Waals surface area contributed by atoms with Crippen LogP contribution in [0.3, 0.4) is 0 Å². The van der Waals surface area contributed by atoms with Crippen molar-refractivity contribution in [1.29, 1.82) is 0 Å². The lowest BCUT2D eigenvalue weighted by molar-refractivity contribution is -0.160. The van der Waals surface area contributed by atoms with Crippen LogP contribution in [0.25, 0.3) is 0 Å². The Bertz CT molecular complexity index is 631. The van der Waals surface area contributed by atoms with Gasteiger partial charge in [-0.3, -0.25) is 9.59 Å². The zero-order valence-electron chi connectivity index (χ0n) is 14.2. The number of methoxy groups -OCH3 is 1. The van der Waals surface area contributed by atoms with Gasteiger partial charge >= 0.3 is 11.9 Å². The van der Waals surface area contributed by atoms with E-state index in [0.29, 0.717) is 6.42 Å². The van der Waals surface area contributed by atoms with Gasteiger partial charge in [0.2, 0.25) is 5.91 Å². The molecular weight excluding hydrogens is 312 g/mol. The Morgan fingerprint density at radius 2 is 2.00 bits per heavy atom. The van der Waals surface area contributed by atoms with Crippen molar-refractivity contribution in [1.82, 2.24) is 4.90 Å². The number of rotatable bonds is 2. The highest BCUT2D eigenvalue weighted by molar-refractivity contribution is 6.32. The maximum atomic E-state index is 12.5. The highest BCUT2D eigenvalue weighted by Gasteiger charge is 2.30. The highest BCUT2D eigenvalue weighted by Crippen LogP contribution is 2.31. The first-order valence-corrected chi connectivity index (χ1v) is 7.83. The fourth-order valence-electron chi connectivity index (χ4n) is 2.72. The Hall–Kier alpha value is -2.41. The van der Waals surface area contributed by atoms with E-state index in [-0.39, 0.29) is 31.7 Å². The van der Waals surface area contributed by atoms with Crippen LogP contribution in [0.5, 0.6) is 0 Å². The van der Waals surface area contributed by atoms with E-state index in [2.05, 4.69) is 0 Å². The molecule has 0 radical (unpaired) electrons. The molecular formula is C17H22N2O5. The van der Waals surface area contributed by atoms with Crippen LogP contribution < -0.4 is 4.90 Å². The summed E-state index contributed by atoms with van der Waals surface area (Å²) in [5, 5.41) is 0. The van der Waals surface area contributed by atoms with Crippen LogP contribution in [0.2, 0.25) is 0 Å². The SMILES string of the molecule is CCOC(=O)C(=O)N1CCC(OC)c2ccccc2N(C)C(=O)C1. The molecule has 0 saturated heterocycles. The van der Waals surface area contributed by atoms with Crippen molar-refractivity contribution in [3.05, 3.63) is 29.8 Å². The number of nitrogens with zero attached hydrogens (tertiary/aromatic N) is 2. The molecule has 2 rings (SSSR count). The first-order chi connectivity index (χ1) is 11.5. The van der Waals surface area contributed by atoms with Crippen LogP contribution in [0.1, 0.15) is 25.0 Å². The molecule has 2 amide bonds. The van der Waals surface area contributed by atoms with Crippen LogP contribution in [0, 0.1) is 0 Å². The zero-order chi connectivity index (χ0) is 17.7. The number of carbonyl (C=O) groups is 3. The normalized spacial score (nSPS) is 18.3. The molecule has 1 aliphatic heterocycles. The van der Waals surface area contributed by atoms with E-state index in [0.717, 1.165) is 11.3 Å². The van der Waals surface area contributed by atoms with Crippen molar-refractivity contribution in [3.63, 3.8) is 0 Å². The van der Waals surface area contributed by atoms with E-state index >= 15 is 0 Å². The van der Waals surface area contributed by atoms with E-state index in [4.69, 9.17) is 9.47 Å². The summed E-state index contributed by atoms with van der Waals surface area (Å²) in [7, 11) is 3.23. The lowest BCUT2D eigenvalue weighted by Gasteiger charge is -2.23. The largest absolute Gasteiger partial charge is 0.459 e. The molecule has 0 N–H and O–H groups in total. The summed E-state index contributed by atoms with van der Waals surface area (Å²) in [6, 6.07) is 7.45. The molecule has 0 saturated carbocycles. The molecule has 24 heavy (non-hydrogen) atoms. The van der Waals surface area contributed by atoms with Gasteiger partial charge in [0, 0.05) is 32.0 Å². The van der Waals surface area contributed by atoms with Gasteiger partial charge in [-0.05, 0) is 19.4 Å². The predicted molar refractivity (Wildman–Crippen MR) is 87.4 cm³/mol. The second-order valence-corrected chi connectivity index (χ2v) is 5.47. The number of hydrogen-bond donors (Lipinski definition) is 0. The van der Waals surface area contributed by atoms with E-state index in [1.54, 1.807) is 21.1 Å². The van der Waals surface area contributed by atoms with E-state index in [1.165, 1.54) is 9.80 Å². The van der Waals surface area contributed by atoms with E-state index in [1.807, 2.05) is 24.3 Å². The van der Waals surface area contributed by atoms with Crippen molar-refractivity contribution in [2.45, 2.75) is 19.4 Å². The fourth-order valence-corrected chi connectivity index (χ4v) is 2.72. The molecule has 0 fully saturated rings. The van der Waals surface area contributed by atoms with Gasteiger partial charge in [0.05, 0.1) is 12.7 Å². The Labute approximate surface area is 141 Å². The van der Waals surface area contributed by atoms with Crippen molar-refractivity contribution in [2.24, 2.45) is 0 Å². The van der Waals surface area contributed by atoms with Gasteiger partial charge in [0.25, 0.3) is 0 Å². The summed E-state index contributed by atoms with van der Waals surface area (Å²) in [5.74, 6) is -2.03. The average molecular weight is 334 g/mol. The summed E-state index contributed by atoms with van der Waals surface area (Å²) >= 11 is 0. The van der Waals surface area contributed by atoms with Crippen molar-refractivity contribution in [2.75, 3.05) is 38.8 Å². The number of fused-ring (bicyclic) bond motifs is 1. The smallest absolute Gasteiger partial charge is 0.397 e. The number of ether oxygens (including phenoxy) is 2. The molecule has 1 heterocycles.